The normalized spacial score (nSPS) is 10.2. The minimum Gasteiger partial charge on any atom is -0.489 e. The molecule has 0 saturated heterocycles. The lowest BCUT2D eigenvalue weighted by atomic mass is 10.2. The number of non-ortho nitro benzene ring substituents is 1. The van der Waals surface area contributed by atoms with Gasteiger partial charge in [-0.3, -0.25) is 10.1 Å². The maximum absolute atomic E-state index is 10.6. The Balaban J connectivity index is 1.90. The van der Waals surface area contributed by atoms with E-state index in [0.29, 0.717) is 13.2 Å². The van der Waals surface area contributed by atoms with Gasteiger partial charge >= 0.3 is 0 Å². The molecule has 6 nitrogen and oxygen atoms in total. The average Bonchev–Trinajstić information content (AvgIpc) is 2.54. The number of nitro benzene ring substituents is 1. The van der Waals surface area contributed by atoms with Crippen LogP contribution in [0.1, 0.15) is 12.0 Å². The van der Waals surface area contributed by atoms with Crippen molar-refractivity contribution >= 4 is 11.4 Å². The van der Waals surface area contributed by atoms with E-state index < -0.39 is 4.92 Å². The van der Waals surface area contributed by atoms with Crippen LogP contribution in [0.25, 0.3) is 0 Å². The molecular weight excluding hydrogens is 282 g/mol. The second kappa shape index (κ2) is 7.99. The van der Waals surface area contributed by atoms with E-state index >= 15 is 0 Å². The number of nitrogens with two attached hydrogens (primary N) is 1. The molecule has 0 aliphatic rings. The molecule has 0 aliphatic carbocycles. The highest BCUT2D eigenvalue weighted by Crippen LogP contribution is 2.19. The number of nitrogens with one attached hydrogen (secondary N) is 1. The molecule has 0 amide bonds. The molecule has 3 N–H and O–H groups in total. The van der Waals surface area contributed by atoms with Crippen LogP contribution < -0.4 is 15.8 Å². The molecule has 2 aromatic rings. The molecule has 0 unspecified atom stereocenters. The maximum Gasteiger partial charge on any atom is 0.269 e. The molecule has 0 aromatic heterocycles. The van der Waals surface area contributed by atoms with Crippen LogP contribution in [-0.2, 0) is 6.61 Å². The summed E-state index contributed by atoms with van der Waals surface area (Å²) in [6.45, 7) is 1.84. The van der Waals surface area contributed by atoms with Crippen molar-refractivity contribution in [2.75, 3.05) is 18.4 Å². The molecule has 6 heteroatoms. The topological polar surface area (TPSA) is 90.4 Å². The van der Waals surface area contributed by atoms with Crippen molar-refractivity contribution < 1.29 is 9.66 Å². The van der Waals surface area contributed by atoms with Gasteiger partial charge in [-0.05, 0) is 42.8 Å². The molecule has 0 radical (unpaired) electrons. The minimum atomic E-state index is -0.416. The zero-order valence-corrected chi connectivity index (χ0v) is 12.2. The van der Waals surface area contributed by atoms with E-state index in [1.54, 1.807) is 12.1 Å². The zero-order valence-electron chi connectivity index (χ0n) is 12.2. The molecule has 0 spiro atoms. The van der Waals surface area contributed by atoms with Gasteiger partial charge in [0.25, 0.3) is 5.69 Å². The average molecular weight is 301 g/mol. The number of nitrogens with zero attached hydrogens (tertiary/aromatic N) is 1. The van der Waals surface area contributed by atoms with E-state index in [-0.39, 0.29) is 5.69 Å². The number of hydrogen-bond acceptors (Lipinski definition) is 5. The number of anilines is 1. The van der Waals surface area contributed by atoms with Gasteiger partial charge < -0.3 is 15.8 Å². The maximum atomic E-state index is 10.6. The third-order valence-corrected chi connectivity index (χ3v) is 3.10. The van der Waals surface area contributed by atoms with Gasteiger partial charge in [-0.25, -0.2) is 0 Å². The molecule has 0 bridgehead atoms. The van der Waals surface area contributed by atoms with Crippen molar-refractivity contribution in [1.29, 1.82) is 0 Å². The van der Waals surface area contributed by atoms with Gasteiger partial charge in [0.15, 0.2) is 0 Å². The van der Waals surface area contributed by atoms with Crippen molar-refractivity contribution in [3.05, 3.63) is 64.2 Å². The Kier molecular flexibility index (Phi) is 5.73. The quantitative estimate of drug-likeness (QED) is 0.444. The van der Waals surface area contributed by atoms with Crippen LogP contribution in [0.3, 0.4) is 0 Å². The summed E-state index contributed by atoms with van der Waals surface area (Å²) < 4.78 is 5.70. The minimum absolute atomic E-state index is 0.0786. The summed E-state index contributed by atoms with van der Waals surface area (Å²) >= 11 is 0. The van der Waals surface area contributed by atoms with E-state index in [9.17, 15) is 10.1 Å². The molecule has 2 aromatic carbocycles. The fourth-order valence-corrected chi connectivity index (χ4v) is 1.91. The first-order chi connectivity index (χ1) is 10.7. The molecule has 116 valence electrons. The van der Waals surface area contributed by atoms with Crippen molar-refractivity contribution in [1.82, 2.24) is 0 Å². The third kappa shape index (κ3) is 4.75. The van der Waals surface area contributed by atoms with Crippen molar-refractivity contribution in [2.24, 2.45) is 5.73 Å². The van der Waals surface area contributed by atoms with Crippen LogP contribution in [0.4, 0.5) is 11.4 Å². The molecule has 0 saturated carbocycles. The lowest BCUT2D eigenvalue weighted by molar-refractivity contribution is -0.384. The summed E-state index contributed by atoms with van der Waals surface area (Å²) in [6.07, 6.45) is 0.911. The van der Waals surface area contributed by atoms with Crippen LogP contribution in [0.5, 0.6) is 5.75 Å². The smallest absolute Gasteiger partial charge is 0.269 e. The predicted molar refractivity (Wildman–Crippen MR) is 86.0 cm³/mol. The lowest BCUT2D eigenvalue weighted by Crippen LogP contribution is -2.08. The van der Waals surface area contributed by atoms with Gasteiger partial charge in [-0.2, -0.15) is 0 Å². The first-order valence-corrected chi connectivity index (χ1v) is 7.09. The number of benzene rings is 2. The van der Waals surface area contributed by atoms with Gasteiger partial charge in [0.1, 0.15) is 12.4 Å². The van der Waals surface area contributed by atoms with Crippen LogP contribution in [0, 0.1) is 10.1 Å². The summed E-state index contributed by atoms with van der Waals surface area (Å²) in [5.41, 5.74) is 7.40. The number of ether oxygens (including phenoxy) is 1. The molecule has 0 atom stereocenters. The van der Waals surface area contributed by atoms with Gasteiger partial charge in [-0.15, -0.1) is 0 Å². The summed E-state index contributed by atoms with van der Waals surface area (Å²) in [5, 5.41) is 13.9. The number of rotatable bonds is 8. The second-order valence-electron chi connectivity index (χ2n) is 4.81. The van der Waals surface area contributed by atoms with E-state index in [0.717, 1.165) is 30.0 Å². The van der Waals surface area contributed by atoms with Crippen LogP contribution >= 0.6 is 0 Å². The molecule has 2 rings (SSSR count). The summed E-state index contributed by atoms with van der Waals surface area (Å²) in [5.74, 6) is 0.746. The van der Waals surface area contributed by atoms with Crippen LogP contribution in [-0.4, -0.2) is 18.0 Å². The second-order valence-corrected chi connectivity index (χ2v) is 4.81. The first-order valence-electron chi connectivity index (χ1n) is 7.09. The van der Waals surface area contributed by atoms with Gasteiger partial charge in [0.2, 0.25) is 0 Å². The molecule has 0 heterocycles. The van der Waals surface area contributed by atoms with E-state index in [1.165, 1.54) is 12.1 Å². The fourth-order valence-electron chi connectivity index (χ4n) is 1.91. The van der Waals surface area contributed by atoms with Crippen molar-refractivity contribution in [3.8, 4) is 5.75 Å². The van der Waals surface area contributed by atoms with Crippen LogP contribution in [0.2, 0.25) is 0 Å². The van der Waals surface area contributed by atoms with Gasteiger partial charge in [-0.1, -0.05) is 6.07 Å². The Hall–Kier alpha value is -2.60. The fraction of sp³-hybridized carbons (Fsp3) is 0.250. The highest BCUT2D eigenvalue weighted by Gasteiger charge is 2.04. The summed E-state index contributed by atoms with van der Waals surface area (Å²) in [4.78, 5) is 10.2. The van der Waals surface area contributed by atoms with Crippen LogP contribution in [0.15, 0.2) is 48.5 Å². The Bertz CT molecular complexity index is 614. The highest BCUT2D eigenvalue weighted by atomic mass is 16.6. The SMILES string of the molecule is NCCCNc1cccc(OCc2ccc([N+](=O)[O-])cc2)c1. The summed E-state index contributed by atoms with van der Waals surface area (Å²) in [6, 6.07) is 14.0. The van der Waals surface area contributed by atoms with E-state index in [4.69, 9.17) is 10.5 Å². The predicted octanol–water partition coefficient (Wildman–Crippen LogP) is 2.93. The Morgan fingerprint density at radius 2 is 1.95 bits per heavy atom. The molecule has 22 heavy (non-hydrogen) atoms. The standard InChI is InChI=1S/C16H19N3O3/c17-9-2-10-18-14-3-1-4-16(11-14)22-12-13-5-7-15(8-6-13)19(20)21/h1,3-8,11,18H,2,9-10,12,17H2. The van der Waals surface area contributed by atoms with E-state index in [2.05, 4.69) is 5.32 Å². The largest absolute Gasteiger partial charge is 0.489 e. The van der Waals surface area contributed by atoms with Gasteiger partial charge in [0.05, 0.1) is 4.92 Å². The Morgan fingerprint density at radius 1 is 1.18 bits per heavy atom. The first kappa shape index (κ1) is 15.8. The Morgan fingerprint density at radius 3 is 2.64 bits per heavy atom. The summed E-state index contributed by atoms with van der Waals surface area (Å²) in [7, 11) is 0. The van der Waals surface area contributed by atoms with Crippen molar-refractivity contribution in [3.63, 3.8) is 0 Å². The van der Waals surface area contributed by atoms with Crippen molar-refractivity contribution in [2.45, 2.75) is 13.0 Å². The monoisotopic (exact) mass is 301 g/mol. The number of hydrogen-bond donors (Lipinski definition) is 2. The number of nitro groups is 1. The molecular formula is C16H19N3O3. The van der Waals surface area contributed by atoms with Gasteiger partial charge in [0, 0.05) is 30.4 Å². The molecule has 0 fully saturated rings. The zero-order chi connectivity index (χ0) is 15.8. The lowest BCUT2D eigenvalue weighted by Gasteiger charge is -2.09. The van der Waals surface area contributed by atoms with E-state index in [1.807, 2.05) is 24.3 Å². The highest BCUT2D eigenvalue weighted by molar-refractivity contribution is 5.48. The third-order valence-electron chi connectivity index (χ3n) is 3.10. The molecule has 0 aliphatic heterocycles. The Labute approximate surface area is 129 Å².